The number of hydrogen-bond acceptors (Lipinski definition) is 2. The number of benzene rings is 2. The van der Waals surface area contributed by atoms with Crippen molar-refractivity contribution in [2.75, 3.05) is 0 Å². The number of carboxylic acid groups (broad SMARTS) is 1. The fraction of sp³-hybridized carbons (Fsp3) is 0.188. The van der Waals surface area contributed by atoms with Gasteiger partial charge in [-0.2, -0.15) is 0 Å². The Balaban J connectivity index is 2.16. The van der Waals surface area contributed by atoms with Crippen molar-refractivity contribution in [2.45, 2.75) is 19.0 Å². The topological polar surface area (TPSA) is 49.3 Å². The van der Waals surface area contributed by atoms with E-state index in [4.69, 9.17) is 11.6 Å². The summed E-state index contributed by atoms with van der Waals surface area (Å²) in [7, 11) is 0. The van der Waals surface area contributed by atoms with Crippen molar-refractivity contribution < 1.29 is 9.90 Å². The van der Waals surface area contributed by atoms with Crippen LogP contribution in [0.5, 0.6) is 0 Å². The van der Waals surface area contributed by atoms with E-state index >= 15 is 0 Å². The van der Waals surface area contributed by atoms with Gasteiger partial charge in [-0.1, -0.05) is 54.1 Å². The molecule has 0 saturated carbocycles. The Kier molecular flexibility index (Phi) is 4.77. The maximum absolute atomic E-state index is 11.4. The first kappa shape index (κ1) is 14.6. The zero-order valence-corrected chi connectivity index (χ0v) is 11.8. The molecule has 2 N–H and O–H groups in total. The number of halogens is 1. The second-order valence-electron chi connectivity index (χ2n) is 4.62. The summed E-state index contributed by atoms with van der Waals surface area (Å²) < 4.78 is 0. The average molecular weight is 290 g/mol. The minimum Gasteiger partial charge on any atom is -0.480 e. The Labute approximate surface area is 123 Å². The van der Waals surface area contributed by atoms with E-state index in [0.29, 0.717) is 5.02 Å². The van der Waals surface area contributed by atoms with Gasteiger partial charge in [0.25, 0.3) is 0 Å². The van der Waals surface area contributed by atoms with E-state index in [1.54, 1.807) is 24.3 Å². The van der Waals surface area contributed by atoms with Crippen molar-refractivity contribution in [1.82, 2.24) is 5.32 Å². The lowest BCUT2D eigenvalue weighted by atomic mass is 10.0. The predicted molar refractivity (Wildman–Crippen MR) is 79.8 cm³/mol. The molecule has 0 aliphatic rings. The lowest BCUT2D eigenvalue weighted by Gasteiger charge is -2.21. The van der Waals surface area contributed by atoms with Crippen LogP contribution in [-0.2, 0) is 4.79 Å². The molecule has 2 aromatic rings. The zero-order chi connectivity index (χ0) is 14.5. The van der Waals surface area contributed by atoms with Crippen LogP contribution in [0.1, 0.15) is 30.1 Å². The van der Waals surface area contributed by atoms with Crippen LogP contribution in [0, 0.1) is 0 Å². The molecule has 2 aromatic carbocycles. The monoisotopic (exact) mass is 289 g/mol. The molecule has 2 atom stereocenters. The van der Waals surface area contributed by atoms with Crippen LogP contribution in [0.4, 0.5) is 0 Å². The van der Waals surface area contributed by atoms with Crippen LogP contribution >= 0.6 is 11.6 Å². The Morgan fingerprint density at radius 2 is 1.65 bits per heavy atom. The smallest absolute Gasteiger partial charge is 0.325 e. The molecule has 0 amide bonds. The molecule has 0 bridgehead atoms. The molecular weight excluding hydrogens is 274 g/mol. The zero-order valence-electron chi connectivity index (χ0n) is 11.1. The fourth-order valence-electron chi connectivity index (χ4n) is 2.05. The van der Waals surface area contributed by atoms with Gasteiger partial charge >= 0.3 is 5.97 Å². The highest BCUT2D eigenvalue weighted by atomic mass is 35.5. The van der Waals surface area contributed by atoms with Gasteiger partial charge in [-0.25, -0.2) is 0 Å². The van der Waals surface area contributed by atoms with Crippen molar-refractivity contribution in [3.63, 3.8) is 0 Å². The summed E-state index contributed by atoms with van der Waals surface area (Å²) in [4.78, 5) is 11.4. The molecule has 0 saturated heterocycles. The van der Waals surface area contributed by atoms with Gasteiger partial charge in [-0.15, -0.1) is 0 Å². The molecule has 3 nitrogen and oxygen atoms in total. The van der Waals surface area contributed by atoms with Crippen LogP contribution in [0.2, 0.25) is 5.02 Å². The van der Waals surface area contributed by atoms with E-state index in [0.717, 1.165) is 11.1 Å². The molecule has 2 unspecified atom stereocenters. The molecule has 20 heavy (non-hydrogen) atoms. The van der Waals surface area contributed by atoms with Crippen LogP contribution in [-0.4, -0.2) is 11.1 Å². The first-order valence-electron chi connectivity index (χ1n) is 6.37. The minimum absolute atomic E-state index is 0.0893. The van der Waals surface area contributed by atoms with Crippen molar-refractivity contribution in [3.8, 4) is 0 Å². The van der Waals surface area contributed by atoms with Crippen molar-refractivity contribution in [2.24, 2.45) is 0 Å². The molecule has 104 valence electrons. The van der Waals surface area contributed by atoms with Gasteiger partial charge in [0, 0.05) is 11.1 Å². The normalized spacial score (nSPS) is 13.7. The summed E-state index contributed by atoms with van der Waals surface area (Å²) in [5.74, 6) is -0.892. The molecule has 0 spiro atoms. The van der Waals surface area contributed by atoms with Crippen LogP contribution in [0.25, 0.3) is 0 Å². The lowest BCUT2D eigenvalue weighted by Crippen LogP contribution is -2.30. The Bertz CT molecular complexity index is 569. The van der Waals surface area contributed by atoms with Gasteiger partial charge in [0.15, 0.2) is 0 Å². The number of carboxylic acids is 1. The van der Waals surface area contributed by atoms with Gasteiger partial charge in [-0.05, 0) is 30.2 Å². The molecule has 2 rings (SSSR count). The Hall–Kier alpha value is -1.84. The van der Waals surface area contributed by atoms with Crippen LogP contribution in [0.15, 0.2) is 54.6 Å². The molecule has 4 heteroatoms. The summed E-state index contributed by atoms with van der Waals surface area (Å²) in [5, 5.41) is 13.2. The van der Waals surface area contributed by atoms with Crippen molar-refractivity contribution in [1.29, 1.82) is 0 Å². The minimum atomic E-state index is -0.892. The van der Waals surface area contributed by atoms with Crippen molar-refractivity contribution in [3.05, 3.63) is 70.7 Å². The van der Waals surface area contributed by atoms with Crippen molar-refractivity contribution >= 4 is 17.6 Å². The predicted octanol–water partition coefficient (Wildman–Crippen LogP) is 3.82. The van der Waals surface area contributed by atoms with E-state index in [9.17, 15) is 9.90 Å². The van der Waals surface area contributed by atoms with Gasteiger partial charge in [0.1, 0.15) is 6.04 Å². The van der Waals surface area contributed by atoms with Gasteiger partial charge in [0.2, 0.25) is 0 Å². The average Bonchev–Trinajstić information content (AvgIpc) is 2.46. The fourth-order valence-corrected chi connectivity index (χ4v) is 2.18. The highest BCUT2D eigenvalue weighted by Gasteiger charge is 2.21. The summed E-state index contributed by atoms with van der Waals surface area (Å²) in [6.45, 7) is 1.93. The first-order chi connectivity index (χ1) is 9.58. The summed E-state index contributed by atoms with van der Waals surface area (Å²) in [5.41, 5.74) is 1.73. The third kappa shape index (κ3) is 3.59. The molecule has 0 heterocycles. The van der Waals surface area contributed by atoms with E-state index < -0.39 is 12.0 Å². The molecule has 0 aromatic heterocycles. The second kappa shape index (κ2) is 6.55. The highest BCUT2D eigenvalue weighted by Crippen LogP contribution is 2.21. The van der Waals surface area contributed by atoms with Gasteiger partial charge in [-0.3, -0.25) is 10.1 Å². The largest absolute Gasteiger partial charge is 0.480 e. The number of aliphatic carboxylic acids is 1. The molecular formula is C16H16ClNO2. The lowest BCUT2D eigenvalue weighted by molar-refractivity contribution is -0.139. The van der Waals surface area contributed by atoms with E-state index in [1.165, 1.54) is 0 Å². The van der Waals surface area contributed by atoms with Gasteiger partial charge < -0.3 is 5.11 Å². The maximum Gasteiger partial charge on any atom is 0.325 e. The molecule has 0 aliphatic carbocycles. The Morgan fingerprint density at radius 3 is 2.20 bits per heavy atom. The quantitative estimate of drug-likeness (QED) is 0.880. The second-order valence-corrected chi connectivity index (χ2v) is 5.06. The van der Waals surface area contributed by atoms with Gasteiger partial charge in [0.05, 0.1) is 0 Å². The molecule has 0 fully saturated rings. The summed E-state index contributed by atoms with van der Waals surface area (Å²) in [6, 6.07) is 15.7. The highest BCUT2D eigenvalue weighted by molar-refractivity contribution is 6.30. The third-order valence-electron chi connectivity index (χ3n) is 3.17. The molecule has 0 radical (unpaired) electrons. The Morgan fingerprint density at radius 1 is 1.05 bits per heavy atom. The SMILES string of the molecule is CC(NC(C(=O)O)c1ccccc1)c1ccc(Cl)cc1. The summed E-state index contributed by atoms with van der Waals surface area (Å²) in [6.07, 6.45) is 0. The van der Waals surface area contributed by atoms with E-state index in [-0.39, 0.29) is 6.04 Å². The number of hydrogen-bond donors (Lipinski definition) is 2. The third-order valence-corrected chi connectivity index (χ3v) is 3.42. The molecule has 0 aliphatic heterocycles. The standard InChI is InChI=1S/C16H16ClNO2/c1-11(12-7-9-14(17)10-8-12)18-15(16(19)20)13-5-3-2-4-6-13/h2-11,15,18H,1H3,(H,19,20). The maximum atomic E-state index is 11.4. The summed E-state index contributed by atoms with van der Waals surface area (Å²) >= 11 is 5.85. The number of nitrogens with one attached hydrogen (secondary N) is 1. The number of carbonyl (C=O) groups is 1. The van der Waals surface area contributed by atoms with E-state index in [1.807, 2.05) is 37.3 Å². The number of rotatable bonds is 5. The van der Waals surface area contributed by atoms with Crippen LogP contribution in [0.3, 0.4) is 0 Å². The van der Waals surface area contributed by atoms with E-state index in [2.05, 4.69) is 5.32 Å². The van der Waals surface area contributed by atoms with Crippen LogP contribution < -0.4 is 5.32 Å². The first-order valence-corrected chi connectivity index (χ1v) is 6.75.